The molecule has 1 aliphatic heterocycles. The van der Waals surface area contributed by atoms with Crippen LogP contribution in [-0.2, 0) is 0 Å². The summed E-state index contributed by atoms with van der Waals surface area (Å²) in [4.78, 5) is 20.0. The maximum absolute atomic E-state index is 6.34. The lowest BCUT2D eigenvalue weighted by Gasteiger charge is -2.32. The van der Waals surface area contributed by atoms with Crippen molar-refractivity contribution in [2.24, 2.45) is 5.92 Å². The van der Waals surface area contributed by atoms with Crippen molar-refractivity contribution in [3.05, 3.63) is 76.6 Å². The number of nitrogens with one attached hydrogen (secondary N) is 1. The Labute approximate surface area is 181 Å². The van der Waals surface area contributed by atoms with Gasteiger partial charge in [-0.3, -0.25) is 0 Å². The molecule has 1 aliphatic carbocycles. The van der Waals surface area contributed by atoms with Crippen LogP contribution in [0.4, 0.5) is 0 Å². The van der Waals surface area contributed by atoms with E-state index in [2.05, 4.69) is 52.3 Å². The second kappa shape index (κ2) is 7.55. The predicted molar refractivity (Wildman–Crippen MR) is 121 cm³/mol. The molecule has 1 N–H and O–H groups in total. The minimum atomic E-state index is 0.167. The minimum absolute atomic E-state index is 0.167. The highest BCUT2D eigenvalue weighted by Gasteiger charge is 2.37. The summed E-state index contributed by atoms with van der Waals surface area (Å²) in [6.45, 7) is 7.49. The molecule has 2 atom stereocenters. The van der Waals surface area contributed by atoms with Gasteiger partial charge in [-0.2, -0.15) is 0 Å². The number of aryl methyl sites for hydroxylation is 1. The van der Waals surface area contributed by atoms with Crippen LogP contribution in [0.15, 0.2) is 47.9 Å². The van der Waals surface area contributed by atoms with Crippen LogP contribution < -0.4 is 0 Å². The number of hydrogen-bond donors (Lipinski definition) is 1. The number of hydrogen-bond acceptors (Lipinski definition) is 4. The van der Waals surface area contributed by atoms with Gasteiger partial charge in [-0.1, -0.05) is 24.1 Å². The molecule has 2 aliphatic rings. The fourth-order valence-electron chi connectivity index (χ4n) is 4.55. The average molecular weight is 419 g/mol. The van der Waals surface area contributed by atoms with Crippen molar-refractivity contribution in [3.8, 4) is 0 Å². The number of halogens is 1. The van der Waals surface area contributed by atoms with Crippen LogP contribution in [0.25, 0.3) is 16.6 Å². The monoisotopic (exact) mass is 418 g/mol. The number of benzene rings is 1. The Bertz CT molecular complexity index is 1120. The third kappa shape index (κ3) is 3.31. The summed E-state index contributed by atoms with van der Waals surface area (Å²) in [5.41, 5.74) is 6.65. The number of aromatic nitrogens is 4. The molecule has 1 fully saturated rings. The SMILES string of the molecule is CC1=CC(N2CC[C@H](C)[C@H]2c2nc3cc(Cl)c(C)cc3[nH]2)=C(c2ncccn2)[CH]C1. The van der Waals surface area contributed by atoms with Crippen molar-refractivity contribution in [1.29, 1.82) is 0 Å². The third-order valence-corrected chi connectivity index (χ3v) is 6.57. The van der Waals surface area contributed by atoms with Gasteiger partial charge < -0.3 is 9.88 Å². The van der Waals surface area contributed by atoms with Gasteiger partial charge >= 0.3 is 0 Å². The van der Waals surface area contributed by atoms with Crippen LogP contribution in [0.1, 0.15) is 49.9 Å². The standard InChI is InChI=1S/C24H25ClN5/c1-14-5-6-17(23-26-8-4-9-27-23)21(11-14)30-10-7-15(2)22(30)24-28-19-12-16(3)18(25)13-20(19)29-24/h4,6,8-9,11-13,15,22H,5,7,10H2,1-3H3,(H,28,29)/t15-,22-/m0/s1. The molecule has 0 saturated carbocycles. The number of nitrogens with zero attached hydrogens (tertiary/aromatic N) is 4. The highest BCUT2D eigenvalue weighted by atomic mass is 35.5. The van der Waals surface area contributed by atoms with E-state index in [9.17, 15) is 0 Å². The van der Waals surface area contributed by atoms with Crippen LogP contribution in [-0.4, -0.2) is 31.4 Å². The average Bonchev–Trinajstić information content (AvgIpc) is 3.31. The van der Waals surface area contributed by atoms with Crippen molar-refractivity contribution < 1.29 is 0 Å². The van der Waals surface area contributed by atoms with Crippen LogP contribution in [0.2, 0.25) is 5.02 Å². The molecule has 0 amide bonds. The zero-order chi connectivity index (χ0) is 20.8. The minimum Gasteiger partial charge on any atom is -0.361 e. The molecular formula is C24H25ClN5. The van der Waals surface area contributed by atoms with Gasteiger partial charge in [-0.15, -0.1) is 0 Å². The van der Waals surface area contributed by atoms with Gasteiger partial charge in [-0.05, 0) is 62.4 Å². The topological polar surface area (TPSA) is 57.7 Å². The molecule has 30 heavy (non-hydrogen) atoms. The van der Waals surface area contributed by atoms with Gasteiger partial charge in [0.15, 0.2) is 5.82 Å². The molecule has 3 aromatic rings. The Kier molecular flexibility index (Phi) is 4.86. The summed E-state index contributed by atoms with van der Waals surface area (Å²) < 4.78 is 0. The number of fused-ring (bicyclic) bond motifs is 1. The van der Waals surface area contributed by atoms with E-state index in [0.29, 0.717) is 5.92 Å². The summed E-state index contributed by atoms with van der Waals surface area (Å²) in [7, 11) is 0. The molecule has 0 bridgehead atoms. The van der Waals surface area contributed by atoms with Crippen molar-refractivity contribution in [2.75, 3.05) is 6.54 Å². The first kappa shape index (κ1) is 19.3. The van der Waals surface area contributed by atoms with Gasteiger partial charge in [0, 0.05) is 41.7 Å². The van der Waals surface area contributed by atoms with Crippen molar-refractivity contribution >= 4 is 28.2 Å². The summed E-state index contributed by atoms with van der Waals surface area (Å²) in [6.07, 6.45) is 10.2. The van der Waals surface area contributed by atoms with Gasteiger partial charge in [0.1, 0.15) is 5.82 Å². The lowest BCUT2D eigenvalue weighted by molar-refractivity contribution is 0.292. The number of allylic oxidation sites excluding steroid dienone is 3. The quantitative estimate of drug-likeness (QED) is 0.595. The maximum Gasteiger partial charge on any atom is 0.157 e. The van der Waals surface area contributed by atoms with Gasteiger partial charge in [0.2, 0.25) is 0 Å². The number of rotatable bonds is 3. The molecule has 153 valence electrons. The zero-order valence-electron chi connectivity index (χ0n) is 17.5. The maximum atomic E-state index is 6.34. The largest absolute Gasteiger partial charge is 0.361 e. The van der Waals surface area contributed by atoms with E-state index in [1.54, 1.807) is 12.4 Å². The number of imidazole rings is 1. The summed E-state index contributed by atoms with van der Waals surface area (Å²) in [5, 5.41) is 0.753. The van der Waals surface area contributed by atoms with Crippen LogP contribution >= 0.6 is 11.6 Å². The normalized spacial score (nSPS) is 22.1. The van der Waals surface area contributed by atoms with E-state index >= 15 is 0 Å². The van der Waals surface area contributed by atoms with Crippen LogP contribution in [0.5, 0.6) is 0 Å². The Morgan fingerprint density at radius 3 is 2.77 bits per heavy atom. The Morgan fingerprint density at radius 1 is 1.17 bits per heavy atom. The molecule has 2 aromatic heterocycles. The highest BCUT2D eigenvalue weighted by molar-refractivity contribution is 6.32. The van der Waals surface area contributed by atoms with Gasteiger partial charge in [-0.25, -0.2) is 15.0 Å². The molecule has 1 radical (unpaired) electrons. The number of likely N-dealkylation sites (tertiary alicyclic amines) is 1. The number of H-pyrrole nitrogens is 1. The molecule has 0 unspecified atom stereocenters. The molecule has 3 heterocycles. The van der Waals surface area contributed by atoms with Gasteiger partial charge in [0.25, 0.3) is 0 Å². The Hall–Kier alpha value is -2.66. The van der Waals surface area contributed by atoms with E-state index in [0.717, 1.165) is 58.2 Å². The van der Waals surface area contributed by atoms with Crippen LogP contribution in [0.3, 0.4) is 0 Å². The second-order valence-corrected chi connectivity index (χ2v) is 8.82. The van der Waals surface area contributed by atoms with E-state index in [1.807, 2.05) is 19.1 Å². The molecule has 0 spiro atoms. The van der Waals surface area contributed by atoms with Gasteiger partial charge in [0.05, 0.1) is 17.1 Å². The smallest absolute Gasteiger partial charge is 0.157 e. The number of aromatic amines is 1. The van der Waals surface area contributed by atoms with E-state index < -0.39 is 0 Å². The summed E-state index contributed by atoms with van der Waals surface area (Å²) in [5.74, 6) is 2.25. The molecular weight excluding hydrogens is 394 g/mol. The van der Waals surface area contributed by atoms with Crippen molar-refractivity contribution in [2.45, 2.75) is 39.7 Å². The summed E-state index contributed by atoms with van der Waals surface area (Å²) in [6, 6.07) is 6.06. The molecule has 1 aromatic carbocycles. The first-order chi connectivity index (χ1) is 14.5. The first-order valence-corrected chi connectivity index (χ1v) is 10.8. The third-order valence-electron chi connectivity index (χ3n) is 6.16. The predicted octanol–water partition coefficient (Wildman–Crippen LogP) is 5.66. The van der Waals surface area contributed by atoms with Crippen molar-refractivity contribution in [3.63, 3.8) is 0 Å². The van der Waals surface area contributed by atoms with Crippen molar-refractivity contribution in [1.82, 2.24) is 24.8 Å². The van der Waals surface area contributed by atoms with E-state index in [-0.39, 0.29) is 6.04 Å². The fourth-order valence-corrected chi connectivity index (χ4v) is 4.71. The lowest BCUT2D eigenvalue weighted by Crippen LogP contribution is -2.27. The van der Waals surface area contributed by atoms with E-state index in [4.69, 9.17) is 16.6 Å². The Balaban J connectivity index is 1.61. The lowest BCUT2D eigenvalue weighted by atomic mass is 9.94. The molecule has 5 rings (SSSR count). The second-order valence-electron chi connectivity index (χ2n) is 8.42. The van der Waals surface area contributed by atoms with Crippen LogP contribution in [0, 0.1) is 19.3 Å². The summed E-state index contributed by atoms with van der Waals surface area (Å²) >= 11 is 6.34. The molecule has 5 nitrogen and oxygen atoms in total. The highest BCUT2D eigenvalue weighted by Crippen LogP contribution is 2.43. The van der Waals surface area contributed by atoms with E-state index in [1.165, 1.54) is 11.3 Å². The zero-order valence-corrected chi connectivity index (χ0v) is 18.2. The fraction of sp³-hybridized carbons (Fsp3) is 0.333. The molecule has 1 saturated heterocycles. The Morgan fingerprint density at radius 2 is 1.97 bits per heavy atom. The first-order valence-electron chi connectivity index (χ1n) is 10.5. The molecule has 6 heteroatoms.